The van der Waals surface area contributed by atoms with Crippen LogP contribution in [0.25, 0.3) is 0 Å². The summed E-state index contributed by atoms with van der Waals surface area (Å²) in [6.45, 7) is 0.654. The molecule has 1 amide bonds. The summed E-state index contributed by atoms with van der Waals surface area (Å²) in [5.41, 5.74) is 2.47. The van der Waals surface area contributed by atoms with Crippen LogP contribution < -0.4 is 5.32 Å². The summed E-state index contributed by atoms with van der Waals surface area (Å²) in [4.78, 5) is 12.7. The molecule has 7 heteroatoms. The first kappa shape index (κ1) is 18.4. The maximum atomic E-state index is 14.6. The smallest absolute Gasteiger partial charge is 0.226 e. The molecule has 2 saturated carbocycles. The van der Waals surface area contributed by atoms with Gasteiger partial charge in [0.1, 0.15) is 5.82 Å². The Hall–Kier alpha value is -1.66. The Bertz CT molecular complexity index is 1040. The van der Waals surface area contributed by atoms with Crippen molar-refractivity contribution in [3.8, 4) is 0 Å². The van der Waals surface area contributed by atoms with Gasteiger partial charge in [0.2, 0.25) is 5.91 Å². The molecule has 4 nitrogen and oxygen atoms in total. The molecular weight excluding hydrogens is 397 g/mol. The van der Waals surface area contributed by atoms with Gasteiger partial charge in [-0.3, -0.25) is 4.79 Å². The van der Waals surface area contributed by atoms with Crippen molar-refractivity contribution in [2.75, 3.05) is 0 Å². The Labute approximate surface area is 173 Å². The summed E-state index contributed by atoms with van der Waals surface area (Å²) in [5, 5.41) is 3.72. The maximum absolute atomic E-state index is 14.6. The van der Waals surface area contributed by atoms with Crippen LogP contribution in [0.3, 0.4) is 0 Å². The van der Waals surface area contributed by atoms with E-state index in [1.165, 1.54) is 18.9 Å². The number of hydrogen-bond donors (Lipinski definition) is 1. The number of amides is 1. The first-order valence-corrected chi connectivity index (χ1v) is 10.7. The van der Waals surface area contributed by atoms with Crippen molar-refractivity contribution < 1.29 is 9.18 Å². The monoisotopic (exact) mass is 419 g/mol. The highest BCUT2D eigenvalue weighted by Gasteiger charge is 2.63. The number of benzene rings is 1. The molecule has 0 saturated heterocycles. The third kappa shape index (κ3) is 2.68. The molecule has 1 N–H and O–H groups in total. The molecular formula is C21H23ClFN3OS. The van der Waals surface area contributed by atoms with Crippen LogP contribution >= 0.6 is 23.8 Å². The number of nitrogens with zero attached hydrogens (tertiary/aromatic N) is 2. The number of fused-ring (bicyclic) bond motifs is 3. The summed E-state index contributed by atoms with van der Waals surface area (Å²) in [7, 11) is 1.93. The molecule has 2 atom stereocenters. The van der Waals surface area contributed by atoms with Gasteiger partial charge >= 0.3 is 0 Å². The number of halogens is 2. The first-order valence-electron chi connectivity index (χ1n) is 9.94. The van der Waals surface area contributed by atoms with Crippen LogP contribution in [-0.2, 0) is 30.2 Å². The van der Waals surface area contributed by atoms with Crippen LogP contribution in [0.15, 0.2) is 18.2 Å². The largest absolute Gasteiger partial charge is 0.353 e. The van der Waals surface area contributed by atoms with Gasteiger partial charge < -0.3 is 14.5 Å². The van der Waals surface area contributed by atoms with Gasteiger partial charge in [0.15, 0.2) is 4.77 Å². The van der Waals surface area contributed by atoms with Crippen LogP contribution in [0, 0.1) is 10.6 Å². The zero-order chi connectivity index (χ0) is 19.6. The average Bonchev–Trinajstić information content (AvgIpc) is 2.95. The Morgan fingerprint density at radius 1 is 1.39 bits per heavy atom. The SMILES string of the molecule is Cn1c(CC(=O)NC2CCCC2)c2n(c1=S)C[C@@]1(c3cc(Cl)ccc3F)CC21. The van der Waals surface area contributed by atoms with Crippen LogP contribution in [0.5, 0.6) is 0 Å². The molecule has 1 unspecified atom stereocenters. The number of imidazole rings is 1. The molecule has 0 bridgehead atoms. The van der Waals surface area contributed by atoms with E-state index in [2.05, 4.69) is 9.88 Å². The molecule has 3 aliphatic rings. The lowest BCUT2D eigenvalue weighted by Gasteiger charge is -2.15. The van der Waals surface area contributed by atoms with Gasteiger partial charge in [-0.2, -0.15) is 0 Å². The standard InChI is InChI=1S/C21H23ClFN3OS/c1-25-17(9-18(27)24-13-4-2-3-5-13)19-15-10-21(15,11-26(19)20(25)28)14-8-12(22)6-7-16(14)23/h6-8,13,15H,2-5,9-11H2,1H3,(H,24,27)/t15?,21-/m1/s1. The van der Waals surface area contributed by atoms with Gasteiger partial charge in [-0.1, -0.05) is 24.4 Å². The molecule has 2 aliphatic carbocycles. The van der Waals surface area contributed by atoms with Gasteiger partial charge in [0, 0.05) is 47.4 Å². The van der Waals surface area contributed by atoms with Crippen LogP contribution in [0.4, 0.5) is 4.39 Å². The minimum absolute atomic E-state index is 0.0537. The van der Waals surface area contributed by atoms with Crippen molar-refractivity contribution >= 4 is 29.7 Å². The molecule has 2 heterocycles. The lowest BCUT2D eigenvalue weighted by atomic mass is 9.93. The van der Waals surface area contributed by atoms with E-state index in [0.29, 0.717) is 34.4 Å². The normalized spacial score (nSPS) is 25.6. The van der Waals surface area contributed by atoms with E-state index in [1.807, 2.05) is 11.6 Å². The Morgan fingerprint density at radius 3 is 2.89 bits per heavy atom. The molecule has 1 aromatic carbocycles. The first-order chi connectivity index (χ1) is 13.4. The van der Waals surface area contributed by atoms with E-state index in [1.54, 1.807) is 12.1 Å². The Kier molecular flexibility index (Phi) is 4.22. The predicted molar refractivity (Wildman–Crippen MR) is 109 cm³/mol. The third-order valence-electron chi connectivity index (χ3n) is 6.87. The van der Waals surface area contributed by atoms with Gasteiger partial charge in [-0.15, -0.1) is 0 Å². The van der Waals surface area contributed by atoms with Crippen LogP contribution in [0.2, 0.25) is 5.02 Å². The Balaban J connectivity index is 1.46. The summed E-state index contributed by atoms with van der Waals surface area (Å²) in [5.74, 6) is 0.0316. The van der Waals surface area contributed by atoms with E-state index in [4.69, 9.17) is 23.8 Å². The second kappa shape index (κ2) is 6.42. The number of aromatic nitrogens is 2. The zero-order valence-electron chi connectivity index (χ0n) is 15.8. The molecule has 5 rings (SSSR count). The minimum atomic E-state index is -0.275. The number of carbonyl (C=O) groups is 1. The van der Waals surface area contributed by atoms with Crippen molar-refractivity contribution in [2.24, 2.45) is 7.05 Å². The molecule has 28 heavy (non-hydrogen) atoms. The number of nitrogens with one attached hydrogen (secondary N) is 1. The minimum Gasteiger partial charge on any atom is -0.353 e. The van der Waals surface area contributed by atoms with E-state index in [-0.39, 0.29) is 23.1 Å². The van der Waals surface area contributed by atoms with Gasteiger partial charge in [0.25, 0.3) is 0 Å². The van der Waals surface area contributed by atoms with Crippen LogP contribution in [-0.4, -0.2) is 21.1 Å². The fourth-order valence-corrected chi connectivity index (χ4v) is 5.81. The predicted octanol–water partition coefficient (Wildman–Crippen LogP) is 4.39. The summed E-state index contributed by atoms with van der Waals surface area (Å²) < 4.78 is 19.3. The zero-order valence-corrected chi connectivity index (χ0v) is 17.4. The average molecular weight is 420 g/mol. The molecule has 148 valence electrons. The van der Waals surface area contributed by atoms with Crippen molar-refractivity contribution in [3.05, 3.63) is 50.8 Å². The van der Waals surface area contributed by atoms with E-state index >= 15 is 0 Å². The molecule has 2 fully saturated rings. The van der Waals surface area contributed by atoms with E-state index < -0.39 is 0 Å². The van der Waals surface area contributed by atoms with Crippen molar-refractivity contribution in [3.63, 3.8) is 0 Å². The second-order valence-electron chi connectivity index (χ2n) is 8.52. The maximum Gasteiger partial charge on any atom is 0.226 e. The van der Waals surface area contributed by atoms with E-state index in [0.717, 1.165) is 30.7 Å². The number of hydrogen-bond acceptors (Lipinski definition) is 2. The lowest BCUT2D eigenvalue weighted by molar-refractivity contribution is -0.121. The summed E-state index contributed by atoms with van der Waals surface area (Å²) in [6, 6.07) is 5.08. The number of rotatable bonds is 4. The topological polar surface area (TPSA) is 39.0 Å². The highest BCUT2D eigenvalue weighted by molar-refractivity contribution is 7.71. The quantitative estimate of drug-likeness (QED) is 0.746. The van der Waals surface area contributed by atoms with Gasteiger partial charge in [-0.05, 0) is 55.2 Å². The van der Waals surface area contributed by atoms with Crippen molar-refractivity contribution in [1.29, 1.82) is 0 Å². The molecule has 1 aromatic heterocycles. The van der Waals surface area contributed by atoms with E-state index in [9.17, 15) is 9.18 Å². The van der Waals surface area contributed by atoms with Gasteiger partial charge in [0.05, 0.1) is 6.42 Å². The molecule has 0 spiro atoms. The van der Waals surface area contributed by atoms with Crippen LogP contribution in [0.1, 0.15) is 55.0 Å². The van der Waals surface area contributed by atoms with Crippen molar-refractivity contribution in [1.82, 2.24) is 14.5 Å². The molecule has 0 radical (unpaired) electrons. The van der Waals surface area contributed by atoms with Gasteiger partial charge in [-0.25, -0.2) is 4.39 Å². The number of carbonyl (C=O) groups excluding carboxylic acids is 1. The second-order valence-corrected chi connectivity index (χ2v) is 9.32. The fourth-order valence-electron chi connectivity index (χ4n) is 5.36. The Morgan fingerprint density at radius 2 is 2.14 bits per heavy atom. The van der Waals surface area contributed by atoms with Crippen molar-refractivity contribution in [2.45, 2.75) is 62.4 Å². The lowest BCUT2D eigenvalue weighted by Crippen LogP contribution is -2.34. The highest BCUT2D eigenvalue weighted by Crippen LogP contribution is 2.66. The summed E-state index contributed by atoms with van der Waals surface area (Å²) >= 11 is 11.8. The molecule has 2 aromatic rings. The summed E-state index contributed by atoms with van der Waals surface area (Å²) in [6.07, 6.45) is 5.71. The third-order valence-corrected chi connectivity index (χ3v) is 7.60. The molecule has 1 aliphatic heterocycles. The highest BCUT2D eigenvalue weighted by atomic mass is 35.5. The fraction of sp³-hybridized carbons (Fsp3) is 0.524.